The van der Waals surface area contributed by atoms with Gasteiger partial charge in [0.05, 0.1) is 6.10 Å². The van der Waals surface area contributed by atoms with Crippen LogP contribution in [0.2, 0.25) is 0 Å². The monoisotopic (exact) mass is 331 g/mol. The van der Waals surface area contributed by atoms with Crippen LogP contribution >= 0.6 is 0 Å². The van der Waals surface area contributed by atoms with Crippen LogP contribution in [0.3, 0.4) is 0 Å². The molecule has 24 heavy (non-hydrogen) atoms. The maximum Gasteiger partial charge on any atom is 0.119 e. The van der Waals surface area contributed by atoms with E-state index in [-0.39, 0.29) is 6.10 Å². The minimum atomic E-state index is 0.274. The number of hydrogen-bond donors (Lipinski definition) is 0. The van der Waals surface area contributed by atoms with E-state index in [1.165, 1.54) is 77.0 Å². The van der Waals surface area contributed by atoms with Crippen molar-refractivity contribution in [2.24, 2.45) is 0 Å². The van der Waals surface area contributed by atoms with E-state index in [0.717, 1.165) is 18.6 Å². The van der Waals surface area contributed by atoms with Crippen LogP contribution in [0, 0.1) is 6.92 Å². The second-order valence-electron chi connectivity index (χ2n) is 7.02. The summed E-state index contributed by atoms with van der Waals surface area (Å²) in [4.78, 5) is 0. The molecule has 0 spiro atoms. The molecule has 137 valence electrons. The number of unbranched alkanes of at least 4 members (excludes halogenated alkanes) is 11. The molecule has 0 fully saturated rings. The van der Waals surface area contributed by atoms with Gasteiger partial charge in [-0.25, -0.2) is 0 Å². The first-order chi connectivity index (χ1) is 11.9. The Morgan fingerprint density at radius 3 is 1.75 bits per heavy atom. The van der Waals surface area contributed by atoms with Gasteiger partial charge in [-0.05, 0) is 38.3 Å². The lowest BCUT2D eigenvalue weighted by molar-refractivity contribution is 0.189. The molecule has 1 nitrogen and oxygen atoms in total. The lowest BCUT2D eigenvalue weighted by Crippen LogP contribution is -2.15. The molecule has 1 heteroatoms. The van der Waals surface area contributed by atoms with Gasteiger partial charge in [-0.1, -0.05) is 95.8 Å². The van der Waals surface area contributed by atoms with E-state index < -0.39 is 0 Å². The first kappa shape index (κ1) is 21.1. The summed E-state index contributed by atoms with van der Waals surface area (Å²) in [6, 6.07) is 10.1. The Kier molecular flexibility index (Phi) is 13.6. The SMILES string of the molecule is [CH2]CC(CCCCCCCCCCCCCC)Oc1ccccc1. The van der Waals surface area contributed by atoms with E-state index in [1.54, 1.807) is 0 Å². The fourth-order valence-corrected chi connectivity index (χ4v) is 3.17. The van der Waals surface area contributed by atoms with Gasteiger partial charge in [-0.15, -0.1) is 0 Å². The Labute approximate surface area is 151 Å². The van der Waals surface area contributed by atoms with Crippen LogP contribution in [0.15, 0.2) is 30.3 Å². The van der Waals surface area contributed by atoms with Crippen LogP contribution in [0.4, 0.5) is 0 Å². The van der Waals surface area contributed by atoms with Crippen molar-refractivity contribution in [1.29, 1.82) is 0 Å². The van der Waals surface area contributed by atoms with Gasteiger partial charge in [0.25, 0.3) is 0 Å². The largest absolute Gasteiger partial charge is 0.490 e. The standard InChI is InChI=1S/C23H39O/c1-3-5-6-7-8-9-10-11-12-13-14-16-19-22(4-2)24-23-20-17-15-18-21-23/h15,17-18,20-22H,2-14,16,19H2,1H3. The van der Waals surface area contributed by atoms with Crippen molar-refractivity contribution >= 4 is 0 Å². The minimum absolute atomic E-state index is 0.274. The first-order valence-electron chi connectivity index (χ1n) is 10.4. The zero-order valence-corrected chi connectivity index (χ0v) is 16.0. The maximum atomic E-state index is 6.00. The van der Waals surface area contributed by atoms with E-state index >= 15 is 0 Å². The van der Waals surface area contributed by atoms with E-state index in [0.29, 0.717) is 0 Å². The van der Waals surface area contributed by atoms with Crippen LogP contribution in [0.25, 0.3) is 0 Å². The molecule has 1 aromatic carbocycles. The molecular formula is C23H39O. The number of benzene rings is 1. The molecule has 1 rings (SSSR count). The van der Waals surface area contributed by atoms with E-state index in [4.69, 9.17) is 4.74 Å². The van der Waals surface area contributed by atoms with Crippen molar-refractivity contribution in [2.45, 2.75) is 103 Å². The number of para-hydroxylation sites is 1. The van der Waals surface area contributed by atoms with Crippen LogP contribution < -0.4 is 4.74 Å². The van der Waals surface area contributed by atoms with Crippen molar-refractivity contribution in [3.8, 4) is 5.75 Å². The quantitative estimate of drug-likeness (QED) is 0.281. The molecule has 1 aromatic rings. The molecule has 0 N–H and O–H groups in total. The summed E-state index contributed by atoms with van der Waals surface area (Å²) in [7, 11) is 0. The van der Waals surface area contributed by atoms with Gasteiger partial charge < -0.3 is 4.74 Å². The van der Waals surface area contributed by atoms with Gasteiger partial charge in [-0.2, -0.15) is 0 Å². The van der Waals surface area contributed by atoms with Crippen molar-refractivity contribution in [3.63, 3.8) is 0 Å². The van der Waals surface area contributed by atoms with Gasteiger partial charge in [0, 0.05) is 0 Å². The predicted octanol–water partition coefficient (Wildman–Crippen LogP) is 7.75. The normalized spacial score (nSPS) is 12.2. The zero-order chi connectivity index (χ0) is 17.3. The lowest BCUT2D eigenvalue weighted by Gasteiger charge is -2.17. The van der Waals surface area contributed by atoms with Crippen molar-refractivity contribution < 1.29 is 4.74 Å². The molecule has 1 radical (unpaired) electrons. The minimum Gasteiger partial charge on any atom is -0.490 e. The first-order valence-corrected chi connectivity index (χ1v) is 10.4. The Morgan fingerprint density at radius 2 is 1.25 bits per heavy atom. The third kappa shape index (κ3) is 11.5. The smallest absolute Gasteiger partial charge is 0.119 e. The molecular weight excluding hydrogens is 292 g/mol. The van der Waals surface area contributed by atoms with Gasteiger partial charge >= 0.3 is 0 Å². The van der Waals surface area contributed by atoms with Crippen LogP contribution in [0.5, 0.6) is 5.75 Å². The van der Waals surface area contributed by atoms with Gasteiger partial charge in [0.1, 0.15) is 5.75 Å². The summed E-state index contributed by atoms with van der Waals surface area (Å²) in [5.74, 6) is 0.977. The molecule has 0 amide bonds. The van der Waals surface area contributed by atoms with Crippen molar-refractivity contribution in [2.75, 3.05) is 0 Å². The summed E-state index contributed by atoms with van der Waals surface area (Å²) >= 11 is 0. The lowest BCUT2D eigenvalue weighted by atomic mass is 10.0. The Bertz CT molecular complexity index is 360. The topological polar surface area (TPSA) is 9.23 Å². The number of hydrogen-bond acceptors (Lipinski definition) is 1. The van der Waals surface area contributed by atoms with E-state index in [1.807, 2.05) is 30.3 Å². The highest BCUT2D eigenvalue weighted by molar-refractivity contribution is 5.21. The van der Waals surface area contributed by atoms with Crippen LogP contribution in [0.1, 0.15) is 96.8 Å². The molecule has 0 aliphatic rings. The summed E-state index contributed by atoms with van der Waals surface area (Å²) in [5, 5.41) is 0. The Hall–Kier alpha value is -0.980. The van der Waals surface area contributed by atoms with Crippen LogP contribution in [-0.4, -0.2) is 6.10 Å². The maximum absolute atomic E-state index is 6.00. The second kappa shape index (κ2) is 15.5. The molecule has 0 heterocycles. The fourth-order valence-electron chi connectivity index (χ4n) is 3.17. The summed E-state index contributed by atoms with van der Waals surface area (Å²) in [5.41, 5.74) is 0. The summed E-state index contributed by atoms with van der Waals surface area (Å²) < 4.78 is 6.00. The Balaban J connectivity index is 1.90. The van der Waals surface area contributed by atoms with Gasteiger partial charge in [0.15, 0.2) is 0 Å². The number of rotatable bonds is 16. The highest BCUT2D eigenvalue weighted by atomic mass is 16.5. The van der Waals surface area contributed by atoms with E-state index in [2.05, 4.69) is 13.8 Å². The molecule has 0 bridgehead atoms. The molecule has 0 saturated carbocycles. The fraction of sp³-hybridized carbons (Fsp3) is 0.696. The van der Waals surface area contributed by atoms with Crippen LogP contribution in [-0.2, 0) is 0 Å². The van der Waals surface area contributed by atoms with Gasteiger partial charge in [-0.3, -0.25) is 0 Å². The average Bonchev–Trinajstić information content (AvgIpc) is 2.62. The molecule has 0 aliphatic heterocycles. The molecule has 0 aromatic heterocycles. The Morgan fingerprint density at radius 1 is 0.750 bits per heavy atom. The third-order valence-corrected chi connectivity index (χ3v) is 4.75. The summed E-state index contributed by atoms with van der Waals surface area (Å²) in [6.45, 7) is 6.32. The molecule has 1 atom stereocenters. The van der Waals surface area contributed by atoms with Gasteiger partial charge in [0.2, 0.25) is 0 Å². The molecule has 1 unspecified atom stereocenters. The molecule has 0 aliphatic carbocycles. The van der Waals surface area contributed by atoms with Crippen molar-refractivity contribution in [3.05, 3.63) is 37.3 Å². The highest BCUT2D eigenvalue weighted by Crippen LogP contribution is 2.17. The molecule has 0 saturated heterocycles. The second-order valence-corrected chi connectivity index (χ2v) is 7.02. The predicted molar refractivity (Wildman–Crippen MR) is 107 cm³/mol. The van der Waals surface area contributed by atoms with Crippen molar-refractivity contribution in [1.82, 2.24) is 0 Å². The summed E-state index contributed by atoms with van der Waals surface area (Å²) in [6.07, 6.45) is 19.1. The third-order valence-electron chi connectivity index (χ3n) is 4.75. The highest BCUT2D eigenvalue weighted by Gasteiger charge is 2.07. The average molecular weight is 332 g/mol. The van der Waals surface area contributed by atoms with E-state index in [9.17, 15) is 0 Å². The zero-order valence-electron chi connectivity index (χ0n) is 16.0. The number of ether oxygens (including phenoxy) is 1.